The lowest BCUT2D eigenvalue weighted by Crippen LogP contribution is -2.12. The highest BCUT2D eigenvalue weighted by molar-refractivity contribution is 5.78. The maximum Gasteiger partial charge on any atom is 0.312 e. The lowest BCUT2D eigenvalue weighted by molar-refractivity contribution is -0.141. The highest BCUT2D eigenvalue weighted by Crippen LogP contribution is 1.94. The first-order valence-corrected chi connectivity index (χ1v) is 4.24. The number of ether oxygens (including phenoxy) is 2. The van der Waals surface area contributed by atoms with E-state index >= 15 is 0 Å². The first-order chi connectivity index (χ1) is 5.66. The largest absolute Gasteiger partial charge is 0.465 e. The molecule has 0 bridgehead atoms. The van der Waals surface area contributed by atoms with Crippen molar-refractivity contribution in [2.24, 2.45) is 5.92 Å². The minimum absolute atomic E-state index is 0.294. The summed E-state index contributed by atoms with van der Waals surface area (Å²) < 4.78 is 9.83. The van der Waals surface area contributed by atoms with Gasteiger partial charge in [0.15, 0.2) is 0 Å². The molecule has 0 N–H and O–H groups in total. The van der Waals surface area contributed by atoms with Crippen molar-refractivity contribution in [1.82, 2.24) is 0 Å². The molecule has 0 amide bonds. The van der Waals surface area contributed by atoms with Crippen LogP contribution in [0.3, 0.4) is 0 Å². The van der Waals surface area contributed by atoms with Crippen LogP contribution in [0.2, 0.25) is 0 Å². The quantitative estimate of drug-likeness (QED) is 0.450. The molecule has 71 valence electrons. The normalized spacial score (nSPS) is 10.3. The van der Waals surface area contributed by atoms with Crippen molar-refractivity contribution in [3.8, 4) is 0 Å². The van der Waals surface area contributed by atoms with Crippen LogP contribution < -0.4 is 0 Å². The Balaban J connectivity index is 3.22. The van der Waals surface area contributed by atoms with Crippen LogP contribution in [-0.4, -0.2) is 25.8 Å². The molecule has 12 heavy (non-hydrogen) atoms. The van der Waals surface area contributed by atoms with Crippen LogP contribution in [0.15, 0.2) is 0 Å². The van der Waals surface area contributed by atoms with E-state index in [1.807, 2.05) is 20.8 Å². The molecule has 3 nitrogen and oxygen atoms in total. The topological polar surface area (TPSA) is 35.5 Å². The Morgan fingerprint density at radius 2 is 2.17 bits per heavy atom. The van der Waals surface area contributed by atoms with Gasteiger partial charge in [-0.2, -0.15) is 0 Å². The molecule has 3 heteroatoms. The van der Waals surface area contributed by atoms with Crippen LogP contribution >= 0.6 is 0 Å². The predicted molar refractivity (Wildman–Crippen MR) is 46.6 cm³/mol. The van der Waals surface area contributed by atoms with Gasteiger partial charge >= 0.3 is 5.97 Å². The molecule has 0 aromatic rings. The third-order valence-electron chi connectivity index (χ3n) is 1.13. The Morgan fingerprint density at radius 1 is 1.50 bits per heavy atom. The van der Waals surface area contributed by atoms with Gasteiger partial charge in [0.2, 0.25) is 0 Å². The molecule has 0 fully saturated rings. The molecule has 0 rings (SSSR count). The van der Waals surface area contributed by atoms with Gasteiger partial charge in [-0.3, -0.25) is 4.79 Å². The average Bonchev–Trinajstić information content (AvgIpc) is 2.01. The van der Waals surface area contributed by atoms with Crippen LogP contribution in [0.1, 0.15) is 20.8 Å². The summed E-state index contributed by atoms with van der Waals surface area (Å²) in [7, 11) is 0. The van der Waals surface area contributed by atoms with Crippen molar-refractivity contribution in [2.75, 3.05) is 19.8 Å². The van der Waals surface area contributed by atoms with Crippen molar-refractivity contribution < 1.29 is 14.3 Å². The predicted octanol–water partition coefficient (Wildman–Crippen LogP) is 1.43. The fraction of sp³-hybridized carbons (Fsp3) is 0.778. The maximum absolute atomic E-state index is 10.9. The number of esters is 1. The summed E-state index contributed by atoms with van der Waals surface area (Å²) in [4.78, 5) is 10.9. The van der Waals surface area contributed by atoms with Gasteiger partial charge in [-0.05, 0) is 12.8 Å². The number of hydrogen-bond acceptors (Lipinski definition) is 3. The lowest BCUT2D eigenvalue weighted by atomic mass is 10.2. The van der Waals surface area contributed by atoms with E-state index in [0.29, 0.717) is 25.7 Å². The molecular weight excluding hydrogens is 156 g/mol. The Bertz CT molecular complexity index is 121. The van der Waals surface area contributed by atoms with E-state index in [4.69, 9.17) is 9.47 Å². The number of carbonyl (C=O) groups is 1. The first kappa shape index (κ1) is 11.4. The lowest BCUT2D eigenvalue weighted by Gasteiger charge is -2.06. The Morgan fingerprint density at radius 3 is 2.67 bits per heavy atom. The molecule has 0 aliphatic rings. The van der Waals surface area contributed by atoms with E-state index in [2.05, 4.69) is 0 Å². The van der Waals surface area contributed by atoms with Crippen molar-refractivity contribution in [3.05, 3.63) is 6.42 Å². The Kier molecular flexibility index (Phi) is 6.76. The van der Waals surface area contributed by atoms with Crippen molar-refractivity contribution in [1.29, 1.82) is 0 Å². The third-order valence-corrected chi connectivity index (χ3v) is 1.13. The molecule has 1 radical (unpaired) electrons. The van der Waals surface area contributed by atoms with Gasteiger partial charge in [-0.15, -0.1) is 0 Å². The van der Waals surface area contributed by atoms with Gasteiger partial charge in [-0.25, -0.2) is 0 Å². The fourth-order valence-corrected chi connectivity index (χ4v) is 0.553. The van der Waals surface area contributed by atoms with E-state index in [-0.39, 0.29) is 5.97 Å². The highest BCUT2D eigenvalue weighted by Gasteiger charge is 2.03. The van der Waals surface area contributed by atoms with Gasteiger partial charge in [0, 0.05) is 6.61 Å². The van der Waals surface area contributed by atoms with Gasteiger partial charge in [0.05, 0.1) is 19.6 Å². The summed E-state index contributed by atoms with van der Waals surface area (Å²) in [5.74, 6) is 0.0894. The standard InChI is InChI=1S/C9H17O3/c1-4-11-6-5-9(10)12-7-8(2)3/h5,8H,4,6-7H2,1-3H3. The minimum atomic E-state index is -0.294. The zero-order chi connectivity index (χ0) is 9.40. The van der Waals surface area contributed by atoms with E-state index in [1.54, 1.807) is 0 Å². The molecule has 0 atom stereocenters. The highest BCUT2D eigenvalue weighted by atomic mass is 16.5. The first-order valence-electron chi connectivity index (χ1n) is 4.24. The van der Waals surface area contributed by atoms with Gasteiger partial charge in [0.25, 0.3) is 0 Å². The number of carbonyl (C=O) groups excluding carboxylic acids is 1. The zero-order valence-electron chi connectivity index (χ0n) is 8.00. The molecule has 0 unspecified atom stereocenters. The molecule has 0 saturated heterocycles. The maximum atomic E-state index is 10.9. The summed E-state index contributed by atoms with van der Waals surface area (Å²) in [6, 6.07) is 0. The smallest absolute Gasteiger partial charge is 0.312 e. The van der Waals surface area contributed by atoms with E-state index < -0.39 is 0 Å². The Hall–Kier alpha value is -0.570. The van der Waals surface area contributed by atoms with Crippen molar-refractivity contribution in [2.45, 2.75) is 20.8 Å². The molecule has 0 saturated carbocycles. The fourth-order valence-electron chi connectivity index (χ4n) is 0.553. The molecule has 0 aliphatic heterocycles. The van der Waals surface area contributed by atoms with E-state index in [1.165, 1.54) is 6.42 Å². The van der Waals surface area contributed by atoms with Crippen LogP contribution in [0.4, 0.5) is 0 Å². The third kappa shape index (κ3) is 7.54. The molecule has 0 aliphatic carbocycles. The molecule has 0 heterocycles. The summed E-state index contributed by atoms with van der Waals surface area (Å²) in [5.41, 5.74) is 0. The number of rotatable bonds is 6. The second kappa shape index (κ2) is 7.10. The monoisotopic (exact) mass is 173 g/mol. The summed E-state index contributed by atoms with van der Waals surface area (Å²) in [6.07, 6.45) is 1.41. The van der Waals surface area contributed by atoms with E-state index in [0.717, 1.165) is 0 Å². The summed E-state index contributed by atoms with van der Waals surface area (Å²) in [6.45, 7) is 7.31. The molecular formula is C9H17O3. The SMILES string of the molecule is CCOC[CH]C(=O)OCC(C)C. The number of hydrogen-bond donors (Lipinski definition) is 0. The second-order valence-corrected chi connectivity index (χ2v) is 2.89. The van der Waals surface area contributed by atoms with Crippen LogP contribution in [0.5, 0.6) is 0 Å². The second-order valence-electron chi connectivity index (χ2n) is 2.89. The minimum Gasteiger partial charge on any atom is -0.465 e. The van der Waals surface area contributed by atoms with Gasteiger partial charge in [-0.1, -0.05) is 13.8 Å². The Labute approximate surface area is 74.0 Å². The zero-order valence-corrected chi connectivity index (χ0v) is 8.00. The van der Waals surface area contributed by atoms with E-state index in [9.17, 15) is 4.79 Å². The van der Waals surface area contributed by atoms with Crippen molar-refractivity contribution in [3.63, 3.8) is 0 Å². The average molecular weight is 173 g/mol. The summed E-state index contributed by atoms with van der Waals surface area (Å²) in [5, 5.41) is 0. The van der Waals surface area contributed by atoms with Gasteiger partial charge in [0.1, 0.15) is 0 Å². The molecule has 0 aromatic heterocycles. The van der Waals surface area contributed by atoms with Crippen LogP contribution in [0.25, 0.3) is 0 Å². The van der Waals surface area contributed by atoms with Crippen molar-refractivity contribution >= 4 is 5.97 Å². The summed E-state index contributed by atoms with van der Waals surface area (Å²) >= 11 is 0. The van der Waals surface area contributed by atoms with Gasteiger partial charge < -0.3 is 9.47 Å². The van der Waals surface area contributed by atoms with Crippen LogP contribution in [-0.2, 0) is 14.3 Å². The molecule has 0 spiro atoms. The molecule has 0 aromatic carbocycles. The van der Waals surface area contributed by atoms with Crippen LogP contribution in [0, 0.1) is 12.3 Å².